The summed E-state index contributed by atoms with van der Waals surface area (Å²) in [5, 5.41) is 3.32. The van der Waals surface area contributed by atoms with Crippen LogP contribution in [0.1, 0.15) is 34.6 Å². The molecule has 1 heteroatoms. The van der Waals surface area contributed by atoms with Crippen molar-refractivity contribution in [1.29, 1.82) is 0 Å². The van der Waals surface area contributed by atoms with Gasteiger partial charge in [0.25, 0.3) is 0 Å². The second kappa shape index (κ2) is 5.00. The zero-order valence-electron chi connectivity index (χ0n) is 8.23. The van der Waals surface area contributed by atoms with Crippen molar-refractivity contribution in [3.63, 3.8) is 0 Å². The van der Waals surface area contributed by atoms with Crippen molar-refractivity contribution in [2.45, 2.75) is 40.7 Å². The van der Waals surface area contributed by atoms with E-state index >= 15 is 0 Å². The normalized spacial score (nSPS) is 22.1. The minimum Gasteiger partial charge on any atom is -0.382 e. The molecular weight excluding hydrogens is 134 g/mol. The van der Waals surface area contributed by atoms with Crippen LogP contribution in [0.5, 0.6) is 0 Å². The summed E-state index contributed by atoms with van der Waals surface area (Å²) in [6, 6.07) is 0.508. The average Bonchev–Trinajstić information content (AvgIpc) is 2.02. The molecule has 1 N–H and O–H groups in total. The maximum atomic E-state index is 3.32. The molecule has 1 aliphatic rings. The molecule has 11 heavy (non-hydrogen) atoms. The van der Waals surface area contributed by atoms with E-state index in [2.05, 4.69) is 38.2 Å². The van der Waals surface area contributed by atoms with Crippen LogP contribution in [0, 0.1) is 0 Å². The van der Waals surface area contributed by atoms with E-state index in [9.17, 15) is 0 Å². The Kier molecular flexibility index (Phi) is 4.67. The second-order valence-corrected chi connectivity index (χ2v) is 2.60. The molecule has 1 rings (SSSR count). The first-order valence-electron chi connectivity index (χ1n) is 4.32. The Morgan fingerprint density at radius 1 is 1.27 bits per heavy atom. The molecule has 64 valence electrons. The zero-order valence-corrected chi connectivity index (χ0v) is 8.23. The third kappa shape index (κ3) is 3.26. The fraction of sp³-hybridized carbons (Fsp3) is 0.600. The molecule has 1 atom stereocenters. The summed E-state index contributed by atoms with van der Waals surface area (Å²) in [6.45, 7) is 10.4. The molecule has 0 aromatic heterocycles. The van der Waals surface area contributed by atoms with Gasteiger partial charge in [-0.3, -0.25) is 0 Å². The standard InChI is InChI=1S/C8H13N.C2H6/c1-6-4-5-7(2)9-8(6)3;1-2/h4-5,7,9H,1-3H3;1-2H3. The Labute approximate surface area is 70.2 Å². The van der Waals surface area contributed by atoms with Crippen LogP contribution in [0.4, 0.5) is 0 Å². The minimum absolute atomic E-state index is 0.508. The van der Waals surface area contributed by atoms with Crippen molar-refractivity contribution >= 4 is 0 Å². The summed E-state index contributed by atoms with van der Waals surface area (Å²) in [5.41, 5.74) is 2.64. The highest BCUT2D eigenvalue weighted by Crippen LogP contribution is 2.08. The molecule has 0 saturated heterocycles. The molecule has 0 aliphatic carbocycles. The highest BCUT2D eigenvalue weighted by atomic mass is 14.9. The molecule has 0 radical (unpaired) electrons. The van der Waals surface area contributed by atoms with Crippen molar-refractivity contribution in [3.05, 3.63) is 23.4 Å². The lowest BCUT2D eigenvalue weighted by Crippen LogP contribution is -2.25. The van der Waals surface area contributed by atoms with Crippen molar-refractivity contribution in [1.82, 2.24) is 5.32 Å². The molecule has 1 unspecified atom stereocenters. The molecule has 0 saturated carbocycles. The summed E-state index contributed by atoms with van der Waals surface area (Å²) in [6.07, 6.45) is 4.33. The number of rotatable bonds is 0. The second-order valence-electron chi connectivity index (χ2n) is 2.60. The Morgan fingerprint density at radius 3 is 2.18 bits per heavy atom. The number of allylic oxidation sites excluding steroid dienone is 3. The smallest absolute Gasteiger partial charge is 0.0416 e. The van der Waals surface area contributed by atoms with Crippen LogP contribution in [-0.4, -0.2) is 6.04 Å². The maximum Gasteiger partial charge on any atom is 0.0416 e. The van der Waals surface area contributed by atoms with Crippen LogP contribution >= 0.6 is 0 Å². The fourth-order valence-corrected chi connectivity index (χ4v) is 0.917. The van der Waals surface area contributed by atoms with Crippen molar-refractivity contribution in [3.8, 4) is 0 Å². The van der Waals surface area contributed by atoms with E-state index in [-0.39, 0.29) is 0 Å². The molecule has 1 nitrogen and oxygen atoms in total. The van der Waals surface area contributed by atoms with E-state index in [1.54, 1.807) is 0 Å². The lowest BCUT2D eigenvalue weighted by atomic mass is 10.1. The molecule has 0 aromatic rings. The topological polar surface area (TPSA) is 12.0 Å². The summed E-state index contributed by atoms with van der Waals surface area (Å²) in [5.74, 6) is 0. The van der Waals surface area contributed by atoms with Gasteiger partial charge >= 0.3 is 0 Å². The number of hydrogen-bond donors (Lipinski definition) is 1. The van der Waals surface area contributed by atoms with E-state index in [1.807, 2.05) is 13.8 Å². The van der Waals surface area contributed by atoms with Crippen LogP contribution in [0.15, 0.2) is 23.4 Å². The van der Waals surface area contributed by atoms with Gasteiger partial charge in [0.2, 0.25) is 0 Å². The van der Waals surface area contributed by atoms with Gasteiger partial charge < -0.3 is 5.32 Å². The van der Waals surface area contributed by atoms with E-state index in [1.165, 1.54) is 11.3 Å². The summed E-state index contributed by atoms with van der Waals surface area (Å²) in [7, 11) is 0. The number of dihydropyridines is 1. The average molecular weight is 153 g/mol. The van der Waals surface area contributed by atoms with E-state index in [4.69, 9.17) is 0 Å². The highest BCUT2D eigenvalue weighted by molar-refractivity contribution is 5.26. The van der Waals surface area contributed by atoms with Crippen molar-refractivity contribution in [2.75, 3.05) is 0 Å². The summed E-state index contributed by atoms with van der Waals surface area (Å²) >= 11 is 0. The Morgan fingerprint density at radius 2 is 1.82 bits per heavy atom. The molecular formula is C10H19N. The van der Waals surface area contributed by atoms with Gasteiger partial charge in [-0.1, -0.05) is 26.0 Å². The Balaban J connectivity index is 0.000000461. The first kappa shape index (κ1) is 10.3. The lowest BCUT2D eigenvalue weighted by molar-refractivity contribution is 0.709. The van der Waals surface area contributed by atoms with E-state index in [0.29, 0.717) is 6.04 Å². The molecule has 1 aliphatic heterocycles. The molecule has 0 amide bonds. The predicted octanol–water partition coefficient (Wildman–Crippen LogP) is 2.85. The fourth-order valence-electron chi connectivity index (χ4n) is 0.917. The van der Waals surface area contributed by atoms with Gasteiger partial charge in [-0.05, 0) is 26.3 Å². The third-order valence-corrected chi connectivity index (χ3v) is 1.67. The SMILES string of the molecule is CC.CC1=C(C)NC(C)C=C1. The van der Waals surface area contributed by atoms with Gasteiger partial charge in [-0.15, -0.1) is 0 Å². The van der Waals surface area contributed by atoms with E-state index < -0.39 is 0 Å². The highest BCUT2D eigenvalue weighted by Gasteiger charge is 2.02. The minimum atomic E-state index is 0.508. The third-order valence-electron chi connectivity index (χ3n) is 1.67. The van der Waals surface area contributed by atoms with Gasteiger partial charge in [0, 0.05) is 11.7 Å². The van der Waals surface area contributed by atoms with Crippen LogP contribution in [0.2, 0.25) is 0 Å². The zero-order chi connectivity index (χ0) is 8.85. The van der Waals surface area contributed by atoms with E-state index in [0.717, 1.165) is 0 Å². The van der Waals surface area contributed by atoms with Crippen molar-refractivity contribution in [2.24, 2.45) is 0 Å². The Bertz CT molecular complexity index is 166. The van der Waals surface area contributed by atoms with Crippen molar-refractivity contribution < 1.29 is 0 Å². The molecule has 1 heterocycles. The maximum absolute atomic E-state index is 3.32. The van der Waals surface area contributed by atoms with Crippen LogP contribution in [0.25, 0.3) is 0 Å². The number of hydrogen-bond acceptors (Lipinski definition) is 1. The van der Waals surface area contributed by atoms with Crippen LogP contribution in [0.3, 0.4) is 0 Å². The first-order valence-corrected chi connectivity index (χ1v) is 4.32. The quantitative estimate of drug-likeness (QED) is 0.564. The van der Waals surface area contributed by atoms with Gasteiger partial charge in [-0.25, -0.2) is 0 Å². The summed E-state index contributed by atoms with van der Waals surface area (Å²) in [4.78, 5) is 0. The van der Waals surface area contributed by atoms with Gasteiger partial charge in [0.1, 0.15) is 0 Å². The Hall–Kier alpha value is -0.720. The van der Waals surface area contributed by atoms with Gasteiger partial charge in [0.05, 0.1) is 0 Å². The molecule has 0 aromatic carbocycles. The lowest BCUT2D eigenvalue weighted by Gasteiger charge is -2.17. The molecule has 0 spiro atoms. The largest absolute Gasteiger partial charge is 0.382 e. The van der Waals surface area contributed by atoms with Gasteiger partial charge in [-0.2, -0.15) is 0 Å². The first-order chi connectivity index (χ1) is 5.20. The van der Waals surface area contributed by atoms with Crippen LogP contribution < -0.4 is 5.32 Å². The number of nitrogens with one attached hydrogen (secondary N) is 1. The summed E-state index contributed by atoms with van der Waals surface area (Å²) < 4.78 is 0. The monoisotopic (exact) mass is 153 g/mol. The predicted molar refractivity (Wildman–Crippen MR) is 51.5 cm³/mol. The molecule has 0 bridgehead atoms. The van der Waals surface area contributed by atoms with Gasteiger partial charge in [0.15, 0.2) is 0 Å². The molecule has 0 fully saturated rings. The van der Waals surface area contributed by atoms with Crippen LogP contribution in [-0.2, 0) is 0 Å².